The van der Waals surface area contributed by atoms with Gasteiger partial charge in [-0.25, -0.2) is 0 Å². The van der Waals surface area contributed by atoms with E-state index in [-0.39, 0.29) is 20.6 Å². The van der Waals surface area contributed by atoms with Gasteiger partial charge in [-0.2, -0.15) is 0 Å². The van der Waals surface area contributed by atoms with Crippen LogP contribution in [-0.2, 0) is 9.26 Å². The first kappa shape index (κ1) is 35.7. The molecule has 12 unspecified atom stereocenters. The van der Waals surface area contributed by atoms with Crippen LogP contribution in [-0.4, -0.2) is 33.2 Å². The van der Waals surface area contributed by atoms with Gasteiger partial charge in [0.2, 0.25) is 0 Å². The molecular weight excluding hydrogens is 531 g/mol. The Balaban J connectivity index is 0.000000535. The van der Waals surface area contributed by atoms with Crippen LogP contribution in [0.4, 0.5) is 0 Å². The van der Waals surface area contributed by atoms with Gasteiger partial charge in [-0.15, -0.1) is 0 Å². The minimum absolute atomic E-state index is 0.193. The summed E-state index contributed by atoms with van der Waals surface area (Å²) in [5.74, 6) is 5.19. The number of fused-ring (bicyclic) bond motifs is 8. The van der Waals surface area contributed by atoms with Crippen molar-refractivity contribution in [3.8, 4) is 0 Å². The van der Waals surface area contributed by atoms with Crippen LogP contribution in [0.1, 0.15) is 147 Å². The van der Waals surface area contributed by atoms with E-state index in [9.17, 15) is 4.89 Å². The van der Waals surface area contributed by atoms with Crippen molar-refractivity contribution in [1.29, 1.82) is 0 Å². The molecule has 3 N–H and O–H groups in total. The molecule has 0 aromatic carbocycles. The van der Waals surface area contributed by atoms with E-state index in [1.54, 1.807) is 0 Å². The van der Waals surface area contributed by atoms with E-state index >= 15 is 0 Å². The summed E-state index contributed by atoms with van der Waals surface area (Å²) in [5, 5.41) is 12.0. The van der Waals surface area contributed by atoms with Gasteiger partial charge in [0.1, 0.15) is 0 Å². The van der Waals surface area contributed by atoms with Crippen molar-refractivity contribution >= 4 is 9.03 Å². The molecule has 12 atom stereocenters. The van der Waals surface area contributed by atoms with E-state index in [2.05, 4.69) is 34.6 Å². The third-order valence-corrected chi connectivity index (χ3v) is 14.2. The van der Waals surface area contributed by atoms with Gasteiger partial charge in [0.15, 0.2) is 9.03 Å². The van der Waals surface area contributed by atoms with Crippen LogP contribution in [0.15, 0.2) is 0 Å². The highest BCUT2D eigenvalue weighted by Crippen LogP contribution is 2.84. The molecule has 0 amide bonds. The fraction of sp³-hybridized carbons (Fsp3) is 1.00. The maximum atomic E-state index is 9.49. The Bertz CT molecular complexity index is 848. The number of ether oxygens (including phenoxy) is 1. The number of rotatable bonds is 2. The van der Waals surface area contributed by atoms with Gasteiger partial charge >= 0.3 is 0 Å². The molecule has 0 aromatic rings. The summed E-state index contributed by atoms with van der Waals surface area (Å²) in [5.41, 5.74) is 1.93. The molecule has 6 heteroatoms. The molecule has 2 heterocycles. The Labute approximate surface area is 255 Å². The monoisotopic (exact) mass is 598 g/mol. The highest BCUT2D eigenvalue weighted by molar-refractivity contribution is 7.25. The standard InChI is InChI=1S/C29H47O3P.3C2H6.H2O2/c1-25(2)12-15-29-16-28(29)14-13-27(5)20-10-9-19-17(7-11-22(32-33-30)26(19,3)4)18(20)6-8-21(27)23(28)24(25)31-29;4*1-2/h17-24,30,33H,6-16H2,1-5H3;3*1-2H3;1-2H. The fourth-order valence-corrected chi connectivity index (χ4v) is 12.6. The van der Waals surface area contributed by atoms with Crippen molar-refractivity contribution in [2.75, 3.05) is 0 Å². The summed E-state index contributed by atoms with van der Waals surface area (Å²) in [6.07, 6.45) is 16.0. The summed E-state index contributed by atoms with van der Waals surface area (Å²) in [7, 11) is -0.363. The van der Waals surface area contributed by atoms with Crippen LogP contribution in [0, 0.1) is 57.2 Å². The zero-order chi connectivity index (χ0) is 31.0. The van der Waals surface area contributed by atoms with E-state index in [1.165, 1.54) is 64.2 Å². The van der Waals surface area contributed by atoms with Gasteiger partial charge < -0.3 is 14.2 Å². The minimum atomic E-state index is -0.363. The lowest BCUT2D eigenvalue weighted by atomic mass is 9.40. The lowest BCUT2D eigenvalue weighted by Gasteiger charge is -2.64. The SMILES string of the molecule is CC.CC.CC.CC1(C)CCC23CC24CCC2(C)C5CCC6C(CCC(OPO)C6(C)C)C5CCC2C4C1O3.OO. The second-order valence-corrected chi connectivity index (χ2v) is 15.7. The molecule has 2 spiro atoms. The van der Waals surface area contributed by atoms with E-state index < -0.39 is 0 Å². The van der Waals surface area contributed by atoms with Crippen LogP contribution in [0.5, 0.6) is 0 Å². The van der Waals surface area contributed by atoms with Crippen molar-refractivity contribution in [2.24, 2.45) is 57.2 Å². The predicted molar refractivity (Wildman–Crippen MR) is 172 cm³/mol. The molecule has 0 radical (unpaired) electrons. The Kier molecular flexibility index (Phi) is 11.6. The first-order valence-corrected chi connectivity index (χ1v) is 18.4. The van der Waals surface area contributed by atoms with Crippen LogP contribution < -0.4 is 0 Å². The van der Waals surface area contributed by atoms with E-state index in [4.69, 9.17) is 19.8 Å². The van der Waals surface area contributed by atoms with Gasteiger partial charge in [-0.3, -0.25) is 10.5 Å². The van der Waals surface area contributed by atoms with Crippen LogP contribution in [0.3, 0.4) is 0 Å². The average Bonchev–Trinajstić information content (AvgIpc) is 3.54. The minimum Gasteiger partial charge on any atom is -0.370 e. The third kappa shape index (κ3) is 5.21. The first-order chi connectivity index (χ1) is 19.6. The van der Waals surface area contributed by atoms with Crippen molar-refractivity contribution in [1.82, 2.24) is 0 Å². The Morgan fingerprint density at radius 1 is 0.683 bits per heavy atom. The molecule has 7 aliphatic rings. The zero-order valence-corrected chi connectivity index (χ0v) is 29.6. The maximum absolute atomic E-state index is 9.49. The summed E-state index contributed by atoms with van der Waals surface area (Å²) in [4.78, 5) is 9.49. The van der Waals surface area contributed by atoms with Gasteiger partial charge in [0.25, 0.3) is 0 Å². The van der Waals surface area contributed by atoms with Crippen molar-refractivity contribution in [3.63, 3.8) is 0 Å². The smallest absolute Gasteiger partial charge is 0.152 e. The summed E-state index contributed by atoms with van der Waals surface area (Å²) >= 11 is 0. The molecule has 7 fully saturated rings. The molecule has 2 saturated heterocycles. The lowest BCUT2D eigenvalue weighted by molar-refractivity contribution is -0.177. The highest BCUT2D eigenvalue weighted by Gasteiger charge is 2.84. The van der Waals surface area contributed by atoms with Crippen molar-refractivity contribution < 1.29 is 24.7 Å². The summed E-state index contributed by atoms with van der Waals surface area (Å²) in [6, 6.07) is 0. The molecule has 2 aliphatic heterocycles. The van der Waals surface area contributed by atoms with Crippen LogP contribution in [0.2, 0.25) is 0 Å². The zero-order valence-electron chi connectivity index (χ0n) is 28.6. The Hall–Kier alpha value is 0.230. The lowest BCUT2D eigenvalue weighted by Crippen LogP contribution is -2.59. The van der Waals surface area contributed by atoms with Gasteiger partial charge in [0.05, 0.1) is 17.8 Å². The Morgan fingerprint density at radius 2 is 1.24 bits per heavy atom. The Morgan fingerprint density at radius 3 is 1.88 bits per heavy atom. The summed E-state index contributed by atoms with van der Waals surface area (Å²) in [6.45, 7) is 24.7. The van der Waals surface area contributed by atoms with Gasteiger partial charge in [0, 0.05) is 5.41 Å². The van der Waals surface area contributed by atoms with Crippen molar-refractivity contribution in [2.45, 2.75) is 165 Å². The third-order valence-electron chi connectivity index (χ3n) is 13.8. The van der Waals surface area contributed by atoms with Gasteiger partial charge in [-0.05, 0) is 122 Å². The normalized spacial score (nSPS) is 48.7. The topological polar surface area (TPSA) is 79.2 Å². The van der Waals surface area contributed by atoms with E-state index in [0.717, 1.165) is 41.9 Å². The highest BCUT2D eigenvalue weighted by atomic mass is 31.1. The fourth-order valence-electron chi connectivity index (χ4n) is 12.1. The maximum Gasteiger partial charge on any atom is 0.152 e. The number of hydrogen-bond donors (Lipinski definition) is 3. The molecule has 242 valence electrons. The van der Waals surface area contributed by atoms with Gasteiger partial charge in [-0.1, -0.05) is 76.2 Å². The molecule has 5 aliphatic carbocycles. The van der Waals surface area contributed by atoms with Crippen LogP contribution in [0.25, 0.3) is 0 Å². The molecule has 7 rings (SSSR count). The van der Waals surface area contributed by atoms with E-state index in [1.807, 2.05) is 41.5 Å². The second-order valence-electron chi connectivity index (χ2n) is 15.3. The molecule has 2 bridgehead atoms. The first-order valence-electron chi connectivity index (χ1n) is 17.5. The second kappa shape index (κ2) is 13.3. The largest absolute Gasteiger partial charge is 0.370 e. The van der Waals surface area contributed by atoms with Crippen LogP contribution >= 0.6 is 9.03 Å². The number of hydrogen-bond acceptors (Lipinski definition) is 5. The molecule has 5 nitrogen and oxygen atoms in total. The average molecular weight is 599 g/mol. The molecular formula is C35H67O5P. The summed E-state index contributed by atoms with van der Waals surface area (Å²) < 4.78 is 12.9. The quantitative estimate of drug-likeness (QED) is 0.167. The molecule has 41 heavy (non-hydrogen) atoms. The van der Waals surface area contributed by atoms with Crippen molar-refractivity contribution in [3.05, 3.63) is 0 Å². The predicted octanol–water partition coefficient (Wildman–Crippen LogP) is 10.2. The van der Waals surface area contributed by atoms with E-state index in [0.29, 0.717) is 27.9 Å². The molecule has 0 aromatic heterocycles. The molecule has 5 saturated carbocycles.